The van der Waals surface area contributed by atoms with Gasteiger partial charge in [0.2, 0.25) is 0 Å². The lowest BCUT2D eigenvalue weighted by molar-refractivity contribution is 0.136. The molecule has 0 N–H and O–H groups in total. The molecule has 1 aliphatic heterocycles. The van der Waals surface area contributed by atoms with Crippen LogP contribution in [0, 0.1) is 0 Å². The minimum absolute atomic E-state index is 0.502. The van der Waals surface area contributed by atoms with Crippen molar-refractivity contribution in [1.82, 2.24) is 14.5 Å². The van der Waals surface area contributed by atoms with Crippen molar-refractivity contribution in [1.29, 1.82) is 0 Å². The van der Waals surface area contributed by atoms with Gasteiger partial charge in [0.15, 0.2) is 0 Å². The van der Waals surface area contributed by atoms with Crippen molar-refractivity contribution in [2.24, 2.45) is 0 Å². The van der Waals surface area contributed by atoms with Gasteiger partial charge in [0.05, 0.1) is 13.2 Å². The first-order chi connectivity index (χ1) is 20.7. The van der Waals surface area contributed by atoms with Gasteiger partial charge in [-0.1, -0.05) is 61.6 Å². The Balaban J connectivity index is 2.52. The molecule has 1 saturated heterocycles. The zero-order valence-corrected chi connectivity index (χ0v) is 30.9. The summed E-state index contributed by atoms with van der Waals surface area (Å²) in [4.78, 5) is 4.93. The molecular weight excluding hydrogens is 573 g/mol. The highest BCUT2D eigenvalue weighted by molar-refractivity contribution is 7.99. The average molecular weight is 642 g/mol. The fraction of sp³-hybridized carbons (Fsp3) is 0.829. The highest BCUT2D eigenvalue weighted by atomic mass is 32.2. The molecule has 0 amide bonds. The summed E-state index contributed by atoms with van der Waals surface area (Å²) in [7, 11) is -1.09. The van der Waals surface area contributed by atoms with Crippen molar-refractivity contribution >= 4 is 19.5 Å². The highest BCUT2D eigenvalue weighted by Gasteiger charge is 2.33. The molecular formula is C35H68N3O3PS. The van der Waals surface area contributed by atoms with Crippen LogP contribution in [0.1, 0.15) is 112 Å². The summed E-state index contributed by atoms with van der Waals surface area (Å²) in [6, 6.07) is 0. The number of unbranched alkanes of at least 4 members (excludes halogenated alkanes) is 3. The van der Waals surface area contributed by atoms with Crippen molar-refractivity contribution in [2.45, 2.75) is 112 Å². The van der Waals surface area contributed by atoms with Gasteiger partial charge in [-0.05, 0) is 105 Å². The molecule has 0 atom stereocenters. The smallest absolute Gasteiger partial charge is 0.304 e. The summed E-state index contributed by atoms with van der Waals surface area (Å²) in [6.45, 7) is 21.2. The van der Waals surface area contributed by atoms with E-state index in [9.17, 15) is 4.57 Å². The van der Waals surface area contributed by atoms with E-state index in [0.717, 1.165) is 122 Å². The summed E-state index contributed by atoms with van der Waals surface area (Å²) < 4.78 is 28.3. The molecule has 0 aliphatic carbocycles. The van der Waals surface area contributed by atoms with E-state index in [1.54, 1.807) is 0 Å². The maximum atomic E-state index is 14.1. The molecule has 252 valence electrons. The fourth-order valence-corrected chi connectivity index (χ4v) is 7.75. The van der Waals surface area contributed by atoms with E-state index in [0.29, 0.717) is 13.2 Å². The molecule has 1 aliphatic rings. The van der Waals surface area contributed by atoms with Crippen LogP contribution >= 0.6 is 19.5 Å². The monoisotopic (exact) mass is 641 g/mol. The third kappa shape index (κ3) is 21.1. The second-order valence-corrected chi connectivity index (χ2v) is 15.7. The third-order valence-corrected chi connectivity index (χ3v) is 11.1. The molecule has 1 fully saturated rings. The second kappa shape index (κ2) is 25.8. The standard InChI is InChI=1S/C35H68N3O3PS/c1-8-10-29-40-42(39,41-30-11-9-2)38(24-16-22-37-27-25-36(7)26-28-37)23-12-13-31-43-32-21-35(6)20-15-19-34(5)18-14-17-33(3)4/h17,19,21H,8-16,18,20,22-32H2,1-7H3/b34-19+,35-21+. The molecule has 0 spiro atoms. The van der Waals surface area contributed by atoms with Gasteiger partial charge in [0, 0.05) is 45.0 Å². The maximum absolute atomic E-state index is 14.1. The predicted molar refractivity (Wildman–Crippen MR) is 191 cm³/mol. The van der Waals surface area contributed by atoms with Crippen molar-refractivity contribution in [3.05, 3.63) is 34.9 Å². The molecule has 0 bridgehead atoms. The van der Waals surface area contributed by atoms with Crippen LogP contribution in [-0.2, 0) is 13.6 Å². The Morgan fingerprint density at radius 3 is 1.98 bits per heavy atom. The Hall–Kier alpha value is -0.400. The fourth-order valence-electron chi connectivity index (χ4n) is 4.88. The summed E-state index contributed by atoms with van der Waals surface area (Å²) in [5, 5.41) is 0. The molecule has 0 aromatic carbocycles. The van der Waals surface area contributed by atoms with Crippen LogP contribution in [0.15, 0.2) is 34.9 Å². The van der Waals surface area contributed by atoms with Crippen LogP contribution in [0.5, 0.6) is 0 Å². The Morgan fingerprint density at radius 1 is 0.791 bits per heavy atom. The van der Waals surface area contributed by atoms with E-state index in [4.69, 9.17) is 9.05 Å². The van der Waals surface area contributed by atoms with Crippen molar-refractivity contribution in [2.75, 3.05) is 77.6 Å². The zero-order valence-electron chi connectivity index (χ0n) is 29.2. The van der Waals surface area contributed by atoms with Crippen molar-refractivity contribution in [3.63, 3.8) is 0 Å². The lowest BCUT2D eigenvalue weighted by Gasteiger charge is -2.34. The number of thioether (sulfide) groups is 1. The molecule has 8 heteroatoms. The van der Waals surface area contributed by atoms with Crippen LogP contribution < -0.4 is 0 Å². The van der Waals surface area contributed by atoms with Gasteiger partial charge in [-0.3, -0.25) is 9.05 Å². The van der Waals surface area contributed by atoms with E-state index >= 15 is 0 Å². The van der Waals surface area contributed by atoms with Gasteiger partial charge in [-0.15, -0.1) is 0 Å². The van der Waals surface area contributed by atoms with E-state index in [1.807, 2.05) is 11.8 Å². The van der Waals surface area contributed by atoms with Crippen LogP contribution in [0.2, 0.25) is 0 Å². The van der Waals surface area contributed by atoms with Gasteiger partial charge >= 0.3 is 7.75 Å². The minimum atomic E-state index is -3.29. The molecule has 0 unspecified atom stereocenters. The van der Waals surface area contributed by atoms with Crippen molar-refractivity contribution < 1.29 is 13.6 Å². The number of rotatable bonds is 26. The van der Waals surface area contributed by atoms with Crippen LogP contribution in [0.4, 0.5) is 0 Å². The second-order valence-electron chi connectivity index (χ2n) is 12.5. The molecule has 1 rings (SSSR count). The normalized spacial score (nSPS) is 15.9. The maximum Gasteiger partial charge on any atom is 0.408 e. The quantitative estimate of drug-likeness (QED) is 0.0529. The SMILES string of the molecule is CCCCOP(=O)(OCCCC)N(CCCCSC/C=C(\C)CC/C=C(\C)CCC=C(C)C)CCCN1CCN(C)CC1. The topological polar surface area (TPSA) is 45.3 Å². The largest absolute Gasteiger partial charge is 0.408 e. The van der Waals surface area contributed by atoms with E-state index in [2.05, 4.69) is 81.3 Å². The Bertz CT molecular complexity index is 822. The van der Waals surface area contributed by atoms with Crippen molar-refractivity contribution in [3.8, 4) is 0 Å². The first-order valence-electron chi connectivity index (χ1n) is 17.3. The molecule has 0 aromatic heterocycles. The van der Waals surface area contributed by atoms with Crippen LogP contribution in [0.25, 0.3) is 0 Å². The van der Waals surface area contributed by atoms with Gasteiger partial charge in [0.25, 0.3) is 0 Å². The predicted octanol–water partition coefficient (Wildman–Crippen LogP) is 9.60. The van der Waals surface area contributed by atoms with Gasteiger partial charge in [-0.2, -0.15) is 11.8 Å². The molecule has 1 heterocycles. The lowest BCUT2D eigenvalue weighted by Crippen LogP contribution is -2.45. The number of piperazine rings is 1. The van der Waals surface area contributed by atoms with Crippen LogP contribution in [-0.4, -0.2) is 92.1 Å². The summed E-state index contributed by atoms with van der Waals surface area (Å²) in [5.74, 6) is 2.20. The Kier molecular flexibility index (Phi) is 24.3. The number of hydrogen-bond donors (Lipinski definition) is 0. The Labute approximate surface area is 271 Å². The van der Waals surface area contributed by atoms with Gasteiger partial charge in [0.1, 0.15) is 0 Å². The molecule has 6 nitrogen and oxygen atoms in total. The third-order valence-electron chi connectivity index (χ3n) is 7.96. The first-order valence-corrected chi connectivity index (χ1v) is 19.9. The van der Waals surface area contributed by atoms with E-state index in [1.165, 1.54) is 23.1 Å². The summed E-state index contributed by atoms with van der Waals surface area (Å²) in [6.07, 6.45) is 18.7. The van der Waals surface area contributed by atoms with Gasteiger partial charge < -0.3 is 9.80 Å². The number of allylic oxidation sites excluding steroid dienone is 5. The van der Waals surface area contributed by atoms with E-state index < -0.39 is 7.75 Å². The number of likely N-dealkylation sites (N-methyl/N-ethyl adjacent to an activating group) is 1. The zero-order chi connectivity index (χ0) is 31.8. The molecule has 43 heavy (non-hydrogen) atoms. The molecule has 0 radical (unpaired) electrons. The number of nitrogens with zero attached hydrogens (tertiary/aromatic N) is 3. The van der Waals surface area contributed by atoms with E-state index in [-0.39, 0.29) is 0 Å². The Morgan fingerprint density at radius 2 is 1.37 bits per heavy atom. The van der Waals surface area contributed by atoms with Gasteiger partial charge in [-0.25, -0.2) is 9.24 Å². The minimum Gasteiger partial charge on any atom is -0.304 e. The lowest BCUT2D eigenvalue weighted by atomic mass is 10.1. The molecule has 0 aromatic rings. The summed E-state index contributed by atoms with van der Waals surface area (Å²) in [5.41, 5.74) is 4.40. The van der Waals surface area contributed by atoms with Crippen LogP contribution in [0.3, 0.4) is 0 Å². The number of hydrogen-bond acceptors (Lipinski definition) is 6. The summed E-state index contributed by atoms with van der Waals surface area (Å²) >= 11 is 2.01. The average Bonchev–Trinajstić information content (AvgIpc) is 2.96. The first kappa shape index (κ1) is 40.6. The molecule has 0 saturated carbocycles. The highest BCUT2D eigenvalue weighted by Crippen LogP contribution is 2.52.